The quantitative estimate of drug-likeness (QED) is 0.0293. The van der Waals surface area contributed by atoms with Crippen molar-refractivity contribution in [1.82, 2.24) is 9.78 Å². The predicted octanol–water partition coefficient (Wildman–Crippen LogP) is -7.50. The fourth-order valence-electron chi connectivity index (χ4n) is 3.98. The van der Waals surface area contributed by atoms with Crippen molar-refractivity contribution in [2.75, 3.05) is 5.01 Å². The van der Waals surface area contributed by atoms with Crippen molar-refractivity contribution >= 4 is 61.5 Å². The summed E-state index contributed by atoms with van der Waals surface area (Å²) in [5.74, 6) is -1.13. The maximum Gasteiger partial charge on any atom is 1.00 e. The fourth-order valence-corrected chi connectivity index (χ4v) is 5.50. The number of aromatic nitrogens is 2. The van der Waals surface area contributed by atoms with Crippen molar-refractivity contribution < 1.29 is 200 Å². The number of nitrogens with one attached hydrogen (secondary N) is 1. The molecule has 2 aromatic carbocycles. The second-order valence-corrected chi connectivity index (χ2v) is 12.3. The summed E-state index contributed by atoms with van der Waals surface area (Å²) in [7, 11) is -9.96. The van der Waals surface area contributed by atoms with Gasteiger partial charge < -0.3 is 19.2 Å². The Morgan fingerprint density at radius 2 is 1.71 bits per heavy atom. The molecule has 4 rings (SSSR count). The second-order valence-electron chi connectivity index (χ2n) is 8.83. The van der Waals surface area contributed by atoms with E-state index < -0.39 is 47.2 Å². The first-order valence-corrected chi connectivity index (χ1v) is 15.7. The number of amides is 1. The molecule has 0 unspecified atom stereocenters. The van der Waals surface area contributed by atoms with Gasteiger partial charge in [-0.3, -0.25) is 14.6 Å². The van der Waals surface area contributed by atoms with Gasteiger partial charge in [0, 0.05) is 4.90 Å². The molecule has 23 heteroatoms. The van der Waals surface area contributed by atoms with Crippen molar-refractivity contribution in [3.63, 3.8) is 0 Å². The van der Waals surface area contributed by atoms with Gasteiger partial charge in [0.05, 0.1) is 38.7 Å². The average molecular weight is 801 g/mol. The number of benzene rings is 2. The standard InChI is InChI=1S/C26H18N6O11S3.3K/c1-15-8-10-17(45(36,37)38)13-21(15)31-25(33)18(20(14-27)29-31)6-4-3-5-7-19-24(28-2)30-32(26(19)34)22-12-16(44-43-42-35)9-11-23(22)46(39,40)41;;;/h3-13,30,35H,1H3,(H,36,37,38)(H,39,40,41);;;/q;3*+1/p-3. The molecule has 2 heterocycles. The molecule has 0 fully saturated rings. The van der Waals surface area contributed by atoms with Crippen LogP contribution in [0.4, 0.5) is 11.5 Å². The van der Waals surface area contributed by atoms with E-state index in [1.54, 1.807) is 13.0 Å². The summed E-state index contributed by atoms with van der Waals surface area (Å²) in [5.41, 5.74) is -1.77. The van der Waals surface area contributed by atoms with E-state index in [2.05, 4.69) is 24.4 Å². The Bertz CT molecular complexity index is 2250. The van der Waals surface area contributed by atoms with Crippen LogP contribution < -0.4 is 170 Å². The molecule has 0 spiro atoms. The SMILES string of the molecule is [C-]#[N+]c1[nH]n(-c2cc(SOO[O-])ccc2S(=O)(=O)[O-])c(=O)c1C=CC=CC=C1C(=O)N(c2cc(S(=O)(=O)[O-])ccc2C)N=C1C#N.[K+].[K+].[K+]. The van der Waals surface area contributed by atoms with Gasteiger partial charge >= 0.3 is 154 Å². The van der Waals surface area contributed by atoms with Crippen LogP contribution in [-0.2, 0) is 34.4 Å². The third-order valence-corrected chi connectivity index (χ3v) is 8.33. The number of aromatic amines is 1. The molecule has 0 bridgehead atoms. The first-order chi connectivity index (χ1) is 21.7. The van der Waals surface area contributed by atoms with Gasteiger partial charge in [0.25, 0.3) is 17.3 Å². The van der Waals surface area contributed by atoms with Crippen LogP contribution in [0.2, 0.25) is 0 Å². The monoisotopic (exact) mass is 800 g/mol. The molecular weight excluding hydrogens is 786 g/mol. The summed E-state index contributed by atoms with van der Waals surface area (Å²) in [6.45, 7) is 8.94. The molecular formula is C26H15K3N6O11S3. The number of carbonyl (C=O) groups is 1. The van der Waals surface area contributed by atoms with Gasteiger partial charge in [-0.05, 0) is 48.9 Å². The van der Waals surface area contributed by atoms with Crippen LogP contribution in [0.3, 0.4) is 0 Å². The minimum absolute atomic E-state index is 0. The smallest absolute Gasteiger partial charge is 0.744 e. The van der Waals surface area contributed by atoms with Gasteiger partial charge in [0.2, 0.25) is 0 Å². The first-order valence-electron chi connectivity index (χ1n) is 12.1. The molecule has 3 aromatic rings. The first kappa shape index (κ1) is 46.8. The molecule has 1 aliphatic heterocycles. The Kier molecular flexibility index (Phi) is 19.3. The van der Waals surface area contributed by atoms with Gasteiger partial charge in [0.1, 0.15) is 32.0 Å². The molecule has 1 N–H and O–H groups in total. The summed E-state index contributed by atoms with van der Waals surface area (Å²) in [6.07, 6.45) is 6.30. The van der Waals surface area contributed by atoms with Gasteiger partial charge in [-0.1, -0.05) is 36.9 Å². The zero-order chi connectivity index (χ0) is 33.8. The minimum Gasteiger partial charge on any atom is -0.744 e. The minimum atomic E-state index is -5.11. The third-order valence-electron chi connectivity index (χ3n) is 6.05. The van der Waals surface area contributed by atoms with Crippen molar-refractivity contribution in [2.24, 2.45) is 5.10 Å². The average Bonchev–Trinajstić information content (AvgIpc) is 3.49. The van der Waals surface area contributed by atoms with Crippen molar-refractivity contribution in [3.8, 4) is 11.8 Å². The number of nitriles is 1. The second kappa shape index (κ2) is 20.3. The van der Waals surface area contributed by atoms with E-state index in [0.29, 0.717) is 22.3 Å². The number of hydrogen-bond donors (Lipinski definition) is 1. The number of aryl methyl sites for hydroxylation is 1. The largest absolute Gasteiger partial charge is 1.00 e. The zero-order valence-corrected chi connectivity index (χ0v) is 37.6. The number of H-pyrrole nitrogens is 1. The molecule has 1 aliphatic rings. The normalized spacial score (nSPS) is 13.8. The topological polar surface area (TPSA) is 255 Å². The number of rotatable bonds is 10. The summed E-state index contributed by atoms with van der Waals surface area (Å²) in [5, 5.41) is 30.0. The van der Waals surface area contributed by atoms with E-state index in [1.807, 2.05) is 0 Å². The Balaban J connectivity index is 0.00000400. The van der Waals surface area contributed by atoms with E-state index in [0.717, 1.165) is 35.3 Å². The van der Waals surface area contributed by atoms with Crippen LogP contribution in [-0.4, -0.2) is 47.3 Å². The van der Waals surface area contributed by atoms with E-state index in [4.69, 9.17) is 6.57 Å². The van der Waals surface area contributed by atoms with Crippen molar-refractivity contribution in [2.45, 2.75) is 21.6 Å². The van der Waals surface area contributed by atoms with Crippen LogP contribution in [0.15, 0.2) is 90.9 Å². The Labute approximate surface area is 410 Å². The number of hydrazone groups is 1. The fraction of sp³-hybridized carbons (Fsp3) is 0.0385. The van der Waals surface area contributed by atoms with Gasteiger partial charge in [-0.25, -0.2) is 21.9 Å². The number of hydrogen-bond acceptors (Lipinski definition) is 14. The van der Waals surface area contributed by atoms with Gasteiger partial charge in [0.15, 0.2) is 5.71 Å². The van der Waals surface area contributed by atoms with Crippen LogP contribution >= 0.6 is 12.0 Å². The molecule has 49 heavy (non-hydrogen) atoms. The molecule has 1 aromatic heterocycles. The van der Waals surface area contributed by atoms with E-state index >= 15 is 0 Å². The summed E-state index contributed by atoms with van der Waals surface area (Å²) < 4.78 is 74.7. The van der Waals surface area contributed by atoms with Gasteiger partial charge in [-0.15, -0.1) is 0 Å². The van der Waals surface area contributed by atoms with E-state index in [1.165, 1.54) is 36.4 Å². The maximum absolute atomic E-state index is 13.2. The molecule has 0 saturated carbocycles. The number of allylic oxidation sites excluding steroid dienone is 4. The molecule has 0 atom stereocenters. The van der Waals surface area contributed by atoms with Crippen molar-refractivity contribution in [1.29, 1.82) is 5.26 Å². The molecule has 0 radical (unpaired) electrons. The molecule has 236 valence electrons. The number of carbonyl (C=O) groups excluding carboxylic acids is 1. The molecule has 0 saturated heterocycles. The predicted molar refractivity (Wildman–Crippen MR) is 155 cm³/mol. The zero-order valence-electron chi connectivity index (χ0n) is 25.8. The number of anilines is 1. The summed E-state index contributed by atoms with van der Waals surface area (Å²) in [6, 6.07) is 8.13. The van der Waals surface area contributed by atoms with E-state index in [-0.39, 0.29) is 187 Å². The summed E-state index contributed by atoms with van der Waals surface area (Å²) >= 11 is 0.362. The molecule has 17 nitrogen and oxygen atoms in total. The molecule has 1 amide bonds. The van der Waals surface area contributed by atoms with Crippen LogP contribution in [0.1, 0.15) is 11.1 Å². The van der Waals surface area contributed by atoms with Gasteiger partial charge in [-0.2, -0.15) is 24.4 Å². The van der Waals surface area contributed by atoms with Crippen LogP contribution in [0.25, 0.3) is 16.6 Å². The number of nitrogens with zero attached hydrogens (tertiary/aromatic N) is 5. The Hall–Kier alpha value is -0.251. The van der Waals surface area contributed by atoms with Crippen LogP contribution in [0, 0.1) is 24.8 Å². The van der Waals surface area contributed by atoms with Crippen LogP contribution in [0.5, 0.6) is 0 Å². The Morgan fingerprint density at radius 1 is 1.02 bits per heavy atom. The third kappa shape index (κ3) is 11.4. The molecule has 0 aliphatic carbocycles. The maximum atomic E-state index is 13.2. The van der Waals surface area contributed by atoms with E-state index in [9.17, 15) is 46.0 Å². The van der Waals surface area contributed by atoms with Crippen molar-refractivity contribution in [3.05, 3.63) is 99.2 Å². The summed E-state index contributed by atoms with van der Waals surface area (Å²) in [4.78, 5) is 28.1. The Morgan fingerprint density at radius 3 is 2.31 bits per heavy atom.